The average molecular weight is 234 g/mol. The molecule has 17 heavy (non-hydrogen) atoms. The smallest absolute Gasteiger partial charge is 0.197 e. The molecular formula is C13H22N4. The molecule has 0 fully saturated rings. The van der Waals surface area contributed by atoms with Crippen LogP contribution >= 0.6 is 0 Å². The van der Waals surface area contributed by atoms with Crippen LogP contribution < -0.4 is 10.6 Å². The number of nitrogens with zero attached hydrogens (tertiary/aromatic N) is 2. The summed E-state index contributed by atoms with van der Waals surface area (Å²) >= 11 is 0. The Hall–Kier alpha value is -1.58. The van der Waals surface area contributed by atoms with E-state index in [1.807, 2.05) is 19.1 Å². The minimum Gasteiger partial charge on any atom is -0.354 e. The molecule has 0 aromatic carbocycles. The fraction of sp³-hybridized carbons (Fsp3) is 0.538. The van der Waals surface area contributed by atoms with Gasteiger partial charge in [0.15, 0.2) is 5.96 Å². The number of aliphatic imine (C=N–C) groups is 1. The average Bonchev–Trinajstić information content (AvgIpc) is 2.19. The molecule has 0 atom stereocenters. The van der Waals surface area contributed by atoms with Gasteiger partial charge in [-0.2, -0.15) is 0 Å². The van der Waals surface area contributed by atoms with Gasteiger partial charge in [-0.1, -0.05) is 6.07 Å². The third-order valence-corrected chi connectivity index (χ3v) is 2.06. The zero-order chi connectivity index (χ0) is 12.8. The molecule has 1 aromatic rings. The Morgan fingerprint density at radius 3 is 2.53 bits per heavy atom. The summed E-state index contributed by atoms with van der Waals surface area (Å²) in [5.41, 5.74) is 1.11. The number of hydrogen-bond acceptors (Lipinski definition) is 2. The van der Waals surface area contributed by atoms with Crippen LogP contribution in [-0.4, -0.2) is 23.0 Å². The SMILES string of the molecule is Cc1cccnc1NC(=NC(C)C)NC(C)C. The normalized spacial score (nSPS) is 12.1. The number of aromatic nitrogens is 1. The van der Waals surface area contributed by atoms with E-state index in [0.717, 1.165) is 17.3 Å². The molecule has 94 valence electrons. The Kier molecular flexibility index (Phi) is 4.94. The van der Waals surface area contributed by atoms with E-state index in [1.54, 1.807) is 6.20 Å². The van der Waals surface area contributed by atoms with Gasteiger partial charge in [0.25, 0.3) is 0 Å². The molecule has 1 aromatic heterocycles. The Morgan fingerprint density at radius 2 is 2.00 bits per heavy atom. The number of guanidine groups is 1. The molecule has 0 unspecified atom stereocenters. The first-order chi connectivity index (χ1) is 7.99. The number of rotatable bonds is 3. The lowest BCUT2D eigenvalue weighted by molar-refractivity contribution is 0.717. The predicted octanol–water partition coefficient (Wildman–Crippen LogP) is 2.56. The standard InChI is InChI=1S/C13H22N4/c1-9(2)15-13(16-10(3)4)17-12-11(5)7-6-8-14-12/h6-10H,1-5H3,(H2,14,15,16,17). The molecule has 0 saturated heterocycles. The monoisotopic (exact) mass is 234 g/mol. The van der Waals surface area contributed by atoms with Gasteiger partial charge < -0.3 is 10.6 Å². The number of anilines is 1. The van der Waals surface area contributed by atoms with E-state index in [0.29, 0.717) is 6.04 Å². The second kappa shape index (κ2) is 6.23. The van der Waals surface area contributed by atoms with E-state index in [4.69, 9.17) is 0 Å². The number of hydrogen-bond donors (Lipinski definition) is 2. The Balaban J connectivity index is 2.83. The maximum absolute atomic E-state index is 4.51. The highest BCUT2D eigenvalue weighted by Gasteiger charge is 2.05. The molecule has 0 saturated carbocycles. The zero-order valence-electron chi connectivity index (χ0n) is 11.3. The van der Waals surface area contributed by atoms with E-state index >= 15 is 0 Å². The lowest BCUT2D eigenvalue weighted by Crippen LogP contribution is -2.37. The van der Waals surface area contributed by atoms with Gasteiger partial charge in [0.2, 0.25) is 0 Å². The van der Waals surface area contributed by atoms with Crippen LogP contribution in [0, 0.1) is 6.92 Å². The zero-order valence-corrected chi connectivity index (χ0v) is 11.3. The summed E-state index contributed by atoms with van der Waals surface area (Å²) in [6.07, 6.45) is 1.78. The quantitative estimate of drug-likeness (QED) is 0.624. The third-order valence-electron chi connectivity index (χ3n) is 2.06. The van der Waals surface area contributed by atoms with Gasteiger partial charge in [-0.3, -0.25) is 4.99 Å². The molecule has 4 nitrogen and oxygen atoms in total. The Labute approximate surface area is 104 Å². The van der Waals surface area contributed by atoms with Crippen LogP contribution in [0.1, 0.15) is 33.3 Å². The minimum absolute atomic E-state index is 0.243. The van der Waals surface area contributed by atoms with E-state index in [2.05, 4.69) is 48.3 Å². The third kappa shape index (κ3) is 4.85. The minimum atomic E-state index is 0.243. The van der Waals surface area contributed by atoms with Gasteiger partial charge >= 0.3 is 0 Å². The van der Waals surface area contributed by atoms with E-state index in [9.17, 15) is 0 Å². The molecule has 0 spiro atoms. The summed E-state index contributed by atoms with van der Waals surface area (Å²) in [6, 6.07) is 4.53. The molecule has 0 bridgehead atoms. The molecule has 0 radical (unpaired) electrons. The van der Waals surface area contributed by atoms with Gasteiger partial charge in [0.1, 0.15) is 5.82 Å². The number of pyridine rings is 1. The van der Waals surface area contributed by atoms with Gasteiger partial charge in [-0.15, -0.1) is 0 Å². The van der Waals surface area contributed by atoms with Crippen molar-refractivity contribution in [3.8, 4) is 0 Å². The lowest BCUT2D eigenvalue weighted by Gasteiger charge is -2.16. The van der Waals surface area contributed by atoms with Crippen LogP contribution in [0.25, 0.3) is 0 Å². The van der Waals surface area contributed by atoms with Crippen LogP contribution in [0.3, 0.4) is 0 Å². The van der Waals surface area contributed by atoms with E-state index in [-0.39, 0.29) is 6.04 Å². The summed E-state index contributed by atoms with van der Waals surface area (Å²) in [5.74, 6) is 1.62. The van der Waals surface area contributed by atoms with Crippen molar-refractivity contribution < 1.29 is 0 Å². The molecule has 0 aliphatic rings. The first-order valence-electron chi connectivity index (χ1n) is 6.02. The van der Waals surface area contributed by atoms with Crippen molar-refractivity contribution in [3.05, 3.63) is 23.9 Å². The van der Waals surface area contributed by atoms with Crippen molar-refractivity contribution in [2.75, 3.05) is 5.32 Å². The number of nitrogens with one attached hydrogen (secondary N) is 2. The highest BCUT2D eigenvalue weighted by atomic mass is 15.2. The van der Waals surface area contributed by atoms with Crippen LogP contribution in [0.4, 0.5) is 5.82 Å². The van der Waals surface area contributed by atoms with Crippen molar-refractivity contribution in [1.29, 1.82) is 0 Å². The van der Waals surface area contributed by atoms with Crippen LogP contribution in [0.5, 0.6) is 0 Å². The van der Waals surface area contributed by atoms with Gasteiger partial charge in [-0.25, -0.2) is 4.98 Å². The molecule has 0 amide bonds. The van der Waals surface area contributed by atoms with Gasteiger partial charge in [-0.05, 0) is 46.2 Å². The van der Waals surface area contributed by atoms with Crippen molar-refractivity contribution in [1.82, 2.24) is 10.3 Å². The van der Waals surface area contributed by atoms with Crippen molar-refractivity contribution in [2.24, 2.45) is 4.99 Å². The topological polar surface area (TPSA) is 49.3 Å². The van der Waals surface area contributed by atoms with Crippen LogP contribution in [-0.2, 0) is 0 Å². The van der Waals surface area contributed by atoms with Gasteiger partial charge in [0.05, 0.1) is 0 Å². The first kappa shape index (κ1) is 13.5. The molecule has 1 heterocycles. The highest BCUT2D eigenvalue weighted by Crippen LogP contribution is 2.09. The predicted molar refractivity (Wildman–Crippen MR) is 73.4 cm³/mol. The Morgan fingerprint density at radius 1 is 1.29 bits per heavy atom. The van der Waals surface area contributed by atoms with Crippen molar-refractivity contribution >= 4 is 11.8 Å². The second-order valence-electron chi connectivity index (χ2n) is 4.66. The summed E-state index contributed by atoms with van der Waals surface area (Å²) in [4.78, 5) is 8.81. The lowest BCUT2D eigenvalue weighted by atomic mass is 10.3. The van der Waals surface area contributed by atoms with Gasteiger partial charge in [0, 0.05) is 18.3 Å². The Bertz CT molecular complexity index is 383. The molecule has 4 heteroatoms. The molecule has 1 rings (SSSR count). The summed E-state index contributed by atoms with van der Waals surface area (Å²) in [7, 11) is 0. The molecule has 0 aliphatic heterocycles. The summed E-state index contributed by atoms with van der Waals surface area (Å²) in [6.45, 7) is 10.3. The van der Waals surface area contributed by atoms with Crippen molar-refractivity contribution in [2.45, 2.75) is 46.7 Å². The molecular weight excluding hydrogens is 212 g/mol. The maximum Gasteiger partial charge on any atom is 0.197 e. The first-order valence-corrected chi connectivity index (χ1v) is 6.02. The summed E-state index contributed by atoms with van der Waals surface area (Å²) in [5, 5.41) is 6.52. The molecule has 0 aliphatic carbocycles. The maximum atomic E-state index is 4.51. The highest BCUT2D eigenvalue weighted by molar-refractivity contribution is 5.93. The summed E-state index contributed by atoms with van der Waals surface area (Å²) < 4.78 is 0. The largest absolute Gasteiger partial charge is 0.354 e. The fourth-order valence-corrected chi connectivity index (χ4v) is 1.37. The van der Waals surface area contributed by atoms with E-state index in [1.165, 1.54) is 0 Å². The molecule has 2 N–H and O–H groups in total. The number of aryl methyl sites for hydroxylation is 1. The van der Waals surface area contributed by atoms with Crippen LogP contribution in [0.15, 0.2) is 23.3 Å². The van der Waals surface area contributed by atoms with Crippen molar-refractivity contribution in [3.63, 3.8) is 0 Å². The fourth-order valence-electron chi connectivity index (χ4n) is 1.37. The van der Waals surface area contributed by atoms with Crippen LogP contribution in [0.2, 0.25) is 0 Å². The van der Waals surface area contributed by atoms with E-state index < -0.39 is 0 Å². The second-order valence-corrected chi connectivity index (χ2v) is 4.66.